The number of unbranched alkanes of at least 4 members (excludes halogenated alkanes) is 2. The van der Waals surface area contributed by atoms with E-state index in [2.05, 4.69) is 38.1 Å². The zero-order valence-corrected chi connectivity index (χ0v) is 16.2. The predicted octanol–water partition coefficient (Wildman–Crippen LogP) is 6.30. The highest BCUT2D eigenvalue weighted by atomic mass is 16.1. The summed E-state index contributed by atoms with van der Waals surface area (Å²) in [7, 11) is 0. The summed E-state index contributed by atoms with van der Waals surface area (Å²) in [6, 6.07) is 8.21. The maximum absolute atomic E-state index is 12.4. The molecule has 0 radical (unpaired) electrons. The fourth-order valence-electron chi connectivity index (χ4n) is 4.24. The Labute approximate surface area is 157 Å². The first kappa shape index (κ1) is 18.8. The van der Waals surface area contributed by atoms with E-state index in [0.29, 0.717) is 12.8 Å². The molecule has 3 rings (SSSR count). The average molecular weight is 351 g/mol. The maximum Gasteiger partial charge on any atom is 0.163 e. The highest BCUT2D eigenvalue weighted by Gasteiger charge is 2.26. The molecule has 0 saturated carbocycles. The van der Waals surface area contributed by atoms with E-state index in [1.54, 1.807) is 0 Å². The normalized spacial score (nSPS) is 17.8. The lowest BCUT2D eigenvalue weighted by Gasteiger charge is -2.10. The SMILES string of the molecule is CCCCC1=C(c2ccc(C3=C(CCCC)CCC3=O)cc2)C(=O)CC1. The molecular weight excluding hydrogens is 320 g/mol. The molecule has 2 nitrogen and oxygen atoms in total. The molecule has 138 valence electrons. The number of hydrogen-bond donors (Lipinski definition) is 0. The van der Waals surface area contributed by atoms with E-state index in [9.17, 15) is 9.59 Å². The van der Waals surface area contributed by atoms with Crippen LogP contribution in [0.25, 0.3) is 11.1 Å². The van der Waals surface area contributed by atoms with Crippen molar-refractivity contribution in [2.45, 2.75) is 78.1 Å². The van der Waals surface area contributed by atoms with E-state index in [0.717, 1.165) is 73.6 Å². The summed E-state index contributed by atoms with van der Waals surface area (Å²) < 4.78 is 0. The van der Waals surface area contributed by atoms with Gasteiger partial charge in [0, 0.05) is 24.0 Å². The molecule has 2 aliphatic rings. The molecule has 1 aromatic rings. The minimum atomic E-state index is 0.281. The van der Waals surface area contributed by atoms with Crippen molar-refractivity contribution in [3.8, 4) is 0 Å². The molecule has 0 aromatic heterocycles. The van der Waals surface area contributed by atoms with Crippen LogP contribution in [-0.4, -0.2) is 11.6 Å². The van der Waals surface area contributed by atoms with Crippen molar-refractivity contribution in [2.75, 3.05) is 0 Å². The zero-order valence-electron chi connectivity index (χ0n) is 16.2. The molecule has 0 saturated heterocycles. The largest absolute Gasteiger partial charge is 0.294 e. The Morgan fingerprint density at radius 2 is 1.04 bits per heavy atom. The molecule has 0 amide bonds. The van der Waals surface area contributed by atoms with Crippen LogP contribution in [0.1, 0.15) is 89.2 Å². The van der Waals surface area contributed by atoms with Crippen LogP contribution in [0.4, 0.5) is 0 Å². The van der Waals surface area contributed by atoms with E-state index in [1.807, 2.05) is 0 Å². The Morgan fingerprint density at radius 1 is 0.654 bits per heavy atom. The number of allylic oxidation sites excluding steroid dienone is 4. The topological polar surface area (TPSA) is 34.1 Å². The van der Waals surface area contributed by atoms with Gasteiger partial charge < -0.3 is 0 Å². The third-order valence-corrected chi connectivity index (χ3v) is 5.70. The molecule has 0 spiro atoms. The van der Waals surface area contributed by atoms with Crippen LogP contribution in [0.3, 0.4) is 0 Å². The van der Waals surface area contributed by atoms with Crippen LogP contribution < -0.4 is 0 Å². The Bertz CT molecular complexity index is 682. The maximum atomic E-state index is 12.4. The van der Waals surface area contributed by atoms with E-state index in [4.69, 9.17) is 0 Å². The number of benzene rings is 1. The van der Waals surface area contributed by atoms with Gasteiger partial charge in [-0.1, -0.05) is 62.1 Å². The second kappa shape index (κ2) is 8.62. The van der Waals surface area contributed by atoms with E-state index < -0.39 is 0 Å². The van der Waals surface area contributed by atoms with Gasteiger partial charge in [-0.2, -0.15) is 0 Å². The van der Waals surface area contributed by atoms with Crippen LogP contribution in [0, 0.1) is 0 Å². The van der Waals surface area contributed by atoms with E-state index in [-0.39, 0.29) is 11.6 Å². The number of rotatable bonds is 8. The van der Waals surface area contributed by atoms with Crippen LogP contribution in [-0.2, 0) is 9.59 Å². The molecule has 26 heavy (non-hydrogen) atoms. The molecule has 0 N–H and O–H groups in total. The Hall–Kier alpha value is -1.96. The first-order valence-corrected chi connectivity index (χ1v) is 10.3. The number of hydrogen-bond acceptors (Lipinski definition) is 2. The summed E-state index contributed by atoms with van der Waals surface area (Å²) in [5, 5.41) is 0. The molecule has 0 fully saturated rings. The zero-order chi connectivity index (χ0) is 18.5. The van der Waals surface area contributed by atoms with Crippen LogP contribution in [0.15, 0.2) is 35.4 Å². The number of ketones is 2. The first-order chi connectivity index (χ1) is 12.7. The van der Waals surface area contributed by atoms with Crippen molar-refractivity contribution in [3.63, 3.8) is 0 Å². The van der Waals surface area contributed by atoms with Gasteiger partial charge in [0.25, 0.3) is 0 Å². The third kappa shape index (κ3) is 3.90. The molecule has 2 heteroatoms. The molecule has 0 atom stereocenters. The predicted molar refractivity (Wildman–Crippen MR) is 108 cm³/mol. The second-order valence-electron chi connectivity index (χ2n) is 7.59. The van der Waals surface area contributed by atoms with Gasteiger partial charge in [0.1, 0.15) is 0 Å². The van der Waals surface area contributed by atoms with Crippen molar-refractivity contribution >= 4 is 22.7 Å². The third-order valence-electron chi connectivity index (χ3n) is 5.70. The smallest absolute Gasteiger partial charge is 0.163 e. The van der Waals surface area contributed by atoms with Crippen LogP contribution >= 0.6 is 0 Å². The Balaban J connectivity index is 1.88. The molecule has 0 unspecified atom stereocenters. The lowest BCUT2D eigenvalue weighted by molar-refractivity contribution is -0.114. The first-order valence-electron chi connectivity index (χ1n) is 10.3. The van der Waals surface area contributed by atoms with Crippen LogP contribution in [0.5, 0.6) is 0 Å². The van der Waals surface area contributed by atoms with Crippen molar-refractivity contribution in [2.24, 2.45) is 0 Å². The van der Waals surface area contributed by atoms with Crippen molar-refractivity contribution < 1.29 is 9.59 Å². The lowest BCUT2D eigenvalue weighted by Crippen LogP contribution is -1.99. The number of Topliss-reactive ketones (excluding diaryl/α,β-unsaturated/α-hetero) is 2. The summed E-state index contributed by atoms with van der Waals surface area (Å²) in [4.78, 5) is 24.8. The number of carbonyl (C=O) groups is 2. The highest BCUT2D eigenvalue weighted by Crippen LogP contribution is 2.37. The van der Waals surface area contributed by atoms with Crippen molar-refractivity contribution in [1.29, 1.82) is 0 Å². The quantitative estimate of drug-likeness (QED) is 0.551. The van der Waals surface area contributed by atoms with Crippen molar-refractivity contribution in [3.05, 3.63) is 46.5 Å². The summed E-state index contributed by atoms with van der Waals surface area (Å²) in [5.74, 6) is 0.562. The average Bonchev–Trinajstić information content (AvgIpc) is 3.21. The minimum absolute atomic E-state index is 0.281. The van der Waals surface area contributed by atoms with Gasteiger partial charge in [-0.05, 0) is 49.7 Å². The summed E-state index contributed by atoms with van der Waals surface area (Å²) in [6.07, 6.45) is 9.80. The highest BCUT2D eigenvalue weighted by molar-refractivity contribution is 6.25. The fraction of sp³-hybridized carbons (Fsp3) is 0.500. The van der Waals surface area contributed by atoms with Gasteiger partial charge in [-0.15, -0.1) is 0 Å². The summed E-state index contributed by atoms with van der Waals surface area (Å²) in [5.41, 5.74) is 6.60. The lowest BCUT2D eigenvalue weighted by atomic mass is 9.94. The molecule has 0 aliphatic heterocycles. The van der Waals surface area contributed by atoms with Gasteiger partial charge in [-0.25, -0.2) is 0 Å². The van der Waals surface area contributed by atoms with Crippen molar-refractivity contribution in [1.82, 2.24) is 0 Å². The van der Waals surface area contributed by atoms with Gasteiger partial charge in [0.2, 0.25) is 0 Å². The minimum Gasteiger partial charge on any atom is -0.294 e. The van der Waals surface area contributed by atoms with Gasteiger partial charge in [0.05, 0.1) is 0 Å². The van der Waals surface area contributed by atoms with E-state index in [1.165, 1.54) is 11.1 Å². The Kier molecular flexibility index (Phi) is 6.24. The molecule has 2 aliphatic carbocycles. The standard InChI is InChI=1S/C24H30O2/c1-3-5-7-17-13-15-21(25)23(17)19-9-11-20(12-10-19)24-18(8-6-4-2)14-16-22(24)26/h9-12H,3-8,13-16H2,1-2H3. The summed E-state index contributed by atoms with van der Waals surface area (Å²) in [6.45, 7) is 4.38. The monoisotopic (exact) mass is 350 g/mol. The van der Waals surface area contributed by atoms with Gasteiger partial charge >= 0.3 is 0 Å². The second-order valence-corrected chi connectivity index (χ2v) is 7.59. The Morgan fingerprint density at radius 3 is 1.38 bits per heavy atom. The van der Waals surface area contributed by atoms with Crippen LogP contribution in [0.2, 0.25) is 0 Å². The van der Waals surface area contributed by atoms with E-state index >= 15 is 0 Å². The molecular formula is C24H30O2. The number of carbonyl (C=O) groups excluding carboxylic acids is 2. The van der Waals surface area contributed by atoms with Gasteiger partial charge in [-0.3, -0.25) is 9.59 Å². The molecule has 0 heterocycles. The molecule has 1 aromatic carbocycles. The summed E-state index contributed by atoms with van der Waals surface area (Å²) >= 11 is 0. The fourth-order valence-corrected chi connectivity index (χ4v) is 4.24. The van der Waals surface area contributed by atoms with Gasteiger partial charge in [0.15, 0.2) is 11.6 Å². The molecule has 0 bridgehead atoms.